The summed E-state index contributed by atoms with van der Waals surface area (Å²) in [5.74, 6) is -0.0330. The molecule has 0 aliphatic carbocycles. The topological polar surface area (TPSA) is 75.3 Å². The summed E-state index contributed by atoms with van der Waals surface area (Å²) in [6.45, 7) is 0. The number of aryl methyl sites for hydroxylation is 1. The van der Waals surface area contributed by atoms with Gasteiger partial charge in [-0.25, -0.2) is 12.8 Å². The van der Waals surface area contributed by atoms with Crippen LogP contribution in [0.2, 0.25) is 0 Å². The number of thioether (sulfide) groups is 1. The van der Waals surface area contributed by atoms with Gasteiger partial charge in [-0.3, -0.25) is 9.52 Å². The molecule has 25 heavy (non-hydrogen) atoms. The highest BCUT2D eigenvalue weighted by Crippen LogP contribution is 2.38. The number of hydrogen-bond donors (Lipinski definition) is 2. The van der Waals surface area contributed by atoms with Gasteiger partial charge in [0.2, 0.25) is 15.9 Å². The summed E-state index contributed by atoms with van der Waals surface area (Å²) in [6, 6.07) is 11.3. The van der Waals surface area contributed by atoms with E-state index in [0.29, 0.717) is 0 Å². The number of anilines is 2. The molecule has 2 aromatic carbocycles. The average molecular weight is 380 g/mol. The van der Waals surface area contributed by atoms with E-state index in [-0.39, 0.29) is 22.5 Å². The van der Waals surface area contributed by atoms with Crippen LogP contribution in [0, 0.1) is 5.82 Å². The number of nitrogens with one attached hydrogen (secondary N) is 2. The molecular formula is C17H17FN2O3S2. The summed E-state index contributed by atoms with van der Waals surface area (Å²) in [4.78, 5) is 12.7. The van der Waals surface area contributed by atoms with Gasteiger partial charge in [-0.05, 0) is 35.4 Å². The van der Waals surface area contributed by atoms with Gasteiger partial charge in [-0.1, -0.05) is 24.3 Å². The van der Waals surface area contributed by atoms with Gasteiger partial charge >= 0.3 is 0 Å². The standard InChI is InChI=1S/C17H17FN2O3S2/c1-25(22,23)20-15-10-12(18)6-7-14(15)19-17(21)16-13-5-3-2-4-11(13)8-9-24-16/h2-7,10,16,20H,8-9H2,1H3,(H,19,21)/t16-/m1/s1. The smallest absolute Gasteiger partial charge is 0.242 e. The van der Waals surface area contributed by atoms with Gasteiger partial charge in [0, 0.05) is 6.07 Å². The Kier molecular flexibility index (Phi) is 5.01. The molecule has 0 saturated heterocycles. The van der Waals surface area contributed by atoms with Gasteiger partial charge in [-0.15, -0.1) is 11.8 Å². The molecule has 2 aromatic rings. The molecule has 1 aliphatic rings. The quantitative estimate of drug-likeness (QED) is 0.854. The maximum atomic E-state index is 13.5. The predicted molar refractivity (Wildman–Crippen MR) is 98.8 cm³/mol. The van der Waals surface area contributed by atoms with Crippen LogP contribution in [-0.4, -0.2) is 26.3 Å². The summed E-state index contributed by atoms with van der Waals surface area (Å²) in [5.41, 5.74) is 2.32. The average Bonchev–Trinajstić information content (AvgIpc) is 2.55. The Balaban J connectivity index is 1.87. The third-order valence-corrected chi connectivity index (χ3v) is 5.60. The first-order chi connectivity index (χ1) is 11.8. The lowest BCUT2D eigenvalue weighted by molar-refractivity contribution is -0.115. The molecule has 5 nitrogen and oxygen atoms in total. The van der Waals surface area contributed by atoms with Crippen LogP contribution >= 0.6 is 11.8 Å². The number of fused-ring (bicyclic) bond motifs is 1. The van der Waals surface area contributed by atoms with Gasteiger partial charge in [0.05, 0.1) is 17.6 Å². The molecule has 1 heterocycles. The Morgan fingerprint density at radius 2 is 1.96 bits per heavy atom. The lowest BCUT2D eigenvalue weighted by Gasteiger charge is -2.24. The van der Waals surface area contributed by atoms with Gasteiger partial charge in [0.1, 0.15) is 11.1 Å². The van der Waals surface area contributed by atoms with Crippen molar-refractivity contribution in [3.05, 3.63) is 59.4 Å². The number of hydrogen-bond acceptors (Lipinski definition) is 4. The summed E-state index contributed by atoms with van der Waals surface area (Å²) in [7, 11) is -3.60. The van der Waals surface area contributed by atoms with Crippen LogP contribution in [0.1, 0.15) is 16.4 Å². The Labute approximate surface area is 150 Å². The molecule has 1 atom stereocenters. The highest BCUT2D eigenvalue weighted by Gasteiger charge is 2.27. The zero-order valence-corrected chi connectivity index (χ0v) is 15.1. The maximum Gasteiger partial charge on any atom is 0.242 e. The number of carbonyl (C=O) groups is 1. The van der Waals surface area contributed by atoms with E-state index in [1.54, 1.807) is 0 Å². The van der Waals surface area contributed by atoms with Crippen molar-refractivity contribution in [2.75, 3.05) is 22.0 Å². The molecule has 132 valence electrons. The second kappa shape index (κ2) is 7.05. The normalized spacial score (nSPS) is 16.8. The van der Waals surface area contributed by atoms with E-state index >= 15 is 0 Å². The SMILES string of the molecule is CS(=O)(=O)Nc1cc(F)ccc1NC(=O)[C@@H]1SCCc2ccccc21. The van der Waals surface area contributed by atoms with Crippen LogP contribution in [0.3, 0.4) is 0 Å². The molecule has 0 aromatic heterocycles. The van der Waals surface area contributed by atoms with Gasteiger partial charge < -0.3 is 5.32 Å². The van der Waals surface area contributed by atoms with Crippen LogP contribution in [0.4, 0.5) is 15.8 Å². The minimum Gasteiger partial charge on any atom is -0.323 e. The van der Waals surface area contributed by atoms with Crippen molar-refractivity contribution >= 4 is 39.1 Å². The highest BCUT2D eigenvalue weighted by atomic mass is 32.2. The van der Waals surface area contributed by atoms with Crippen LogP contribution in [0.25, 0.3) is 0 Å². The van der Waals surface area contributed by atoms with E-state index in [9.17, 15) is 17.6 Å². The monoisotopic (exact) mass is 380 g/mol. The molecule has 0 unspecified atom stereocenters. The Morgan fingerprint density at radius 1 is 1.20 bits per heavy atom. The first-order valence-electron chi connectivity index (χ1n) is 7.61. The number of amides is 1. The van der Waals surface area contributed by atoms with E-state index in [2.05, 4.69) is 10.0 Å². The third kappa shape index (κ3) is 4.32. The fraction of sp³-hybridized carbons (Fsp3) is 0.235. The Bertz CT molecular complexity index is 916. The molecule has 0 saturated carbocycles. The number of halogens is 1. The van der Waals surface area contributed by atoms with Gasteiger partial charge in [0.15, 0.2) is 0 Å². The molecule has 2 N–H and O–H groups in total. The zero-order chi connectivity index (χ0) is 18.0. The van der Waals surface area contributed by atoms with E-state index in [4.69, 9.17) is 0 Å². The largest absolute Gasteiger partial charge is 0.323 e. The lowest BCUT2D eigenvalue weighted by atomic mass is 10.0. The van der Waals surface area contributed by atoms with Crippen molar-refractivity contribution in [2.24, 2.45) is 0 Å². The number of rotatable bonds is 4. The Hall–Kier alpha value is -2.06. The molecule has 1 aliphatic heterocycles. The lowest BCUT2D eigenvalue weighted by Crippen LogP contribution is -2.24. The minimum atomic E-state index is -3.60. The molecule has 0 radical (unpaired) electrons. The summed E-state index contributed by atoms with van der Waals surface area (Å²) >= 11 is 1.53. The van der Waals surface area contributed by atoms with Crippen LogP contribution in [0.15, 0.2) is 42.5 Å². The molecule has 1 amide bonds. The molecule has 0 bridgehead atoms. The van der Waals surface area contributed by atoms with Crippen molar-refractivity contribution in [1.29, 1.82) is 0 Å². The molecule has 3 rings (SSSR count). The van der Waals surface area contributed by atoms with Crippen molar-refractivity contribution in [3.63, 3.8) is 0 Å². The highest BCUT2D eigenvalue weighted by molar-refractivity contribution is 8.00. The summed E-state index contributed by atoms with van der Waals surface area (Å²) < 4.78 is 38.6. The van der Waals surface area contributed by atoms with E-state index < -0.39 is 15.8 Å². The third-order valence-electron chi connectivity index (χ3n) is 3.77. The first kappa shape index (κ1) is 17.8. The van der Waals surface area contributed by atoms with E-state index in [0.717, 1.165) is 35.6 Å². The number of carbonyl (C=O) groups excluding carboxylic acids is 1. The van der Waals surface area contributed by atoms with Crippen molar-refractivity contribution < 1.29 is 17.6 Å². The zero-order valence-electron chi connectivity index (χ0n) is 13.5. The molecular weight excluding hydrogens is 363 g/mol. The minimum absolute atomic E-state index is 0.00458. The number of benzene rings is 2. The molecule has 8 heteroatoms. The fourth-order valence-electron chi connectivity index (χ4n) is 2.72. The predicted octanol–water partition coefficient (Wildman–Crippen LogP) is 3.17. The fourth-order valence-corrected chi connectivity index (χ4v) is 4.48. The van der Waals surface area contributed by atoms with Crippen LogP contribution in [0.5, 0.6) is 0 Å². The molecule has 0 fully saturated rings. The van der Waals surface area contributed by atoms with E-state index in [1.807, 2.05) is 24.3 Å². The van der Waals surface area contributed by atoms with Crippen LogP contribution in [-0.2, 0) is 21.2 Å². The second-order valence-electron chi connectivity index (χ2n) is 5.75. The van der Waals surface area contributed by atoms with Crippen molar-refractivity contribution in [2.45, 2.75) is 11.7 Å². The molecule has 0 spiro atoms. The first-order valence-corrected chi connectivity index (χ1v) is 10.5. The van der Waals surface area contributed by atoms with Gasteiger partial charge in [-0.2, -0.15) is 0 Å². The van der Waals surface area contributed by atoms with E-state index in [1.165, 1.54) is 23.9 Å². The van der Waals surface area contributed by atoms with Crippen molar-refractivity contribution in [3.8, 4) is 0 Å². The second-order valence-corrected chi connectivity index (χ2v) is 8.71. The maximum absolute atomic E-state index is 13.5. The van der Waals surface area contributed by atoms with Gasteiger partial charge in [0.25, 0.3) is 0 Å². The van der Waals surface area contributed by atoms with Crippen molar-refractivity contribution in [1.82, 2.24) is 0 Å². The summed E-state index contributed by atoms with van der Waals surface area (Å²) in [5, 5.41) is 2.33. The number of sulfonamides is 1. The Morgan fingerprint density at radius 3 is 2.72 bits per heavy atom. The summed E-state index contributed by atoms with van der Waals surface area (Å²) in [6.07, 6.45) is 1.87. The van der Waals surface area contributed by atoms with Crippen LogP contribution < -0.4 is 10.0 Å².